The van der Waals surface area contributed by atoms with Gasteiger partial charge in [0.2, 0.25) is 5.91 Å². The molecule has 1 aromatic heterocycles. The van der Waals surface area contributed by atoms with E-state index in [1.165, 1.54) is 0 Å². The Balaban J connectivity index is 1.55. The van der Waals surface area contributed by atoms with E-state index in [4.69, 9.17) is 10.5 Å². The molecule has 1 atom stereocenters. The number of fused-ring (bicyclic) bond motifs is 3. The molecule has 1 amide bonds. The van der Waals surface area contributed by atoms with Crippen molar-refractivity contribution in [1.29, 1.82) is 0 Å². The first-order valence-electron chi connectivity index (χ1n) is 10.0. The van der Waals surface area contributed by atoms with E-state index < -0.39 is 23.5 Å². The summed E-state index contributed by atoms with van der Waals surface area (Å²) in [7, 11) is 1.55. The molecule has 0 bridgehead atoms. The number of nitrogens with zero attached hydrogens (tertiary/aromatic N) is 4. The molecule has 0 radical (unpaired) electrons. The average Bonchev–Trinajstić information content (AvgIpc) is 3.05. The van der Waals surface area contributed by atoms with Gasteiger partial charge in [-0.1, -0.05) is 23.4 Å². The standard InChI is InChI=1S/C22H22F3N5O2/c1-32-12-19-21-11-29(10-13-4-2-3-5-20(13)30(21)28-27-19)22(31)8-15(26)6-14-7-17(24)18(25)9-16(14)23/h2-5,7,9,15H,6,8,10-12,26H2,1H3/t15-/m1/s1. The van der Waals surface area contributed by atoms with Gasteiger partial charge in [-0.15, -0.1) is 5.10 Å². The number of para-hydroxylation sites is 1. The van der Waals surface area contributed by atoms with Crippen LogP contribution in [0.1, 0.15) is 28.9 Å². The Morgan fingerprint density at radius 2 is 1.91 bits per heavy atom. The minimum atomic E-state index is -1.27. The molecule has 1 aliphatic heterocycles. The van der Waals surface area contributed by atoms with Gasteiger partial charge >= 0.3 is 0 Å². The van der Waals surface area contributed by atoms with E-state index in [2.05, 4.69) is 10.3 Å². The maximum atomic E-state index is 14.0. The molecule has 0 fully saturated rings. The normalized spacial score (nSPS) is 14.0. The van der Waals surface area contributed by atoms with Crippen molar-refractivity contribution in [2.75, 3.05) is 7.11 Å². The summed E-state index contributed by atoms with van der Waals surface area (Å²) in [5, 5.41) is 8.41. The zero-order chi connectivity index (χ0) is 22.8. The molecule has 4 rings (SSSR count). The third-order valence-electron chi connectivity index (χ3n) is 5.41. The molecule has 10 heteroatoms. The highest BCUT2D eigenvalue weighted by Gasteiger charge is 2.27. The number of hydrogen-bond acceptors (Lipinski definition) is 5. The molecule has 32 heavy (non-hydrogen) atoms. The molecule has 0 unspecified atom stereocenters. The van der Waals surface area contributed by atoms with Crippen molar-refractivity contribution in [3.05, 3.63) is 76.4 Å². The molecule has 0 spiro atoms. The number of carbonyl (C=O) groups is 1. The number of rotatable bonds is 6. The van der Waals surface area contributed by atoms with Crippen molar-refractivity contribution in [2.45, 2.75) is 38.6 Å². The number of aromatic nitrogens is 3. The molecule has 2 aromatic carbocycles. The number of carbonyl (C=O) groups excluding carboxylic acids is 1. The highest BCUT2D eigenvalue weighted by molar-refractivity contribution is 5.77. The van der Waals surface area contributed by atoms with Crippen molar-refractivity contribution >= 4 is 5.91 Å². The van der Waals surface area contributed by atoms with Gasteiger partial charge in [-0.05, 0) is 29.7 Å². The Hall–Kier alpha value is -3.24. The lowest BCUT2D eigenvalue weighted by molar-refractivity contribution is -0.132. The first-order valence-corrected chi connectivity index (χ1v) is 10.0. The van der Waals surface area contributed by atoms with Crippen molar-refractivity contribution in [2.24, 2.45) is 5.73 Å². The lowest BCUT2D eigenvalue weighted by Gasteiger charge is -2.23. The first kappa shape index (κ1) is 22.0. The van der Waals surface area contributed by atoms with Gasteiger partial charge in [-0.25, -0.2) is 17.9 Å². The number of benzene rings is 2. The predicted octanol–water partition coefficient (Wildman–Crippen LogP) is 2.63. The number of hydrogen-bond donors (Lipinski definition) is 1. The van der Waals surface area contributed by atoms with E-state index >= 15 is 0 Å². The smallest absolute Gasteiger partial charge is 0.224 e. The Morgan fingerprint density at radius 3 is 2.69 bits per heavy atom. The van der Waals surface area contributed by atoms with Gasteiger partial charge in [0.1, 0.15) is 11.5 Å². The van der Waals surface area contributed by atoms with Crippen LogP contribution in [-0.2, 0) is 35.6 Å². The Kier molecular flexibility index (Phi) is 6.24. The van der Waals surface area contributed by atoms with E-state index in [0.29, 0.717) is 18.3 Å². The second-order valence-electron chi connectivity index (χ2n) is 7.73. The fourth-order valence-electron chi connectivity index (χ4n) is 3.83. The van der Waals surface area contributed by atoms with Gasteiger partial charge in [0, 0.05) is 32.2 Å². The van der Waals surface area contributed by atoms with Crippen LogP contribution >= 0.6 is 0 Å². The average molecular weight is 445 g/mol. The zero-order valence-corrected chi connectivity index (χ0v) is 17.4. The first-order chi connectivity index (χ1) is 15.4. The van der Waals surface area contributed by atoms with E-state index in [0.717, 1.165) is 23.0 Å². The second kappa shape index (κ2) is 9.09. The second-order valence-corrected chi connectivity index (χ2v) is 7.73. The van der Waals surface area contributed by atoms with Crippen LogP contribution in [-0.4, -0.2) is 39.0 Å². The van der Waals surface area contributed by atoms with E-state index in [1.807, 2.05) is 24.3 Å². The molecule has 2 heterocycles. The van der Waals surface area contributed by atoms with Crippen LogP contribution in [0, 0.1) is 17.5 Å². The quantitative estimate of drug-likeness (QED) is 0.590. The van der Waals surface area contributed by atoms with Crippen LogP contribution in [0.15, 0.2) is 36.4 Å². The van der Waals surface area contributed by atoms with Crippen molar-refractivity contribution in [3.8, 4) is 5.69 Å². The topological polar surface area (TPSA) is 86.3 Å². The fourth-order valence-corrected chi connectivity index (χ4v) is 3.83. The van der Waals surface area contributed by atoms with E-state index in [9.17, 15) is 18.0 Å². The lowest BCUT2D eigenvalue weighted by Crippen LogP contribution is -2.36. The highest BCUT2D eigenvalue weighted by atomic mass is 19.2. The van der Waals surface area contributed by atoms with Crippen molar-refractivity contribution in [3.63, 3.8) is 0 Å². The van der Waals surface area contributed by atoms with Crippen LogP contribution in [0.2, 0.25) is 0 Å². The predicted molar refractivity (Wildman–Crippen MR) is 109 cm³/mol. The molecule has 0 saturated carbocycles. The molecule has 168 valence electrons. The van der Waals surface area contributed by atoms with Crippen LogP contribution in [0.3, 0.4) is 0 Å². The molecule has 0 aliphatic carbocycles. The summed E-state index contributed by atoms with van der Waals surface area (Å²) in [6.45, 7) is 0.816. The molecular weight excluding hydrogens is 423 g/mol. The summed E-state index contributed by atoms with van der Waals surface area (Å²) >= 11 is 0. The van der Waals surface area contributed by atoms with Crippen LogP contribution < -0.4 is 5.73 Å². The minimum absolute atomic E-state index is 0.0740. The Labute approximate surface area is 182 Å². The third-order valence-corrected chi connectivity index (χ3v) is 5.41. The summed E-state index contributed by atoms with van der Waals surface area (Å²) in [6.07, 6.45) is -0.199. The summed E-state index contributed by atoms with van der Waals surface area (Å²) in [4.78, 5) is 14.7. The van der Waals surface area contributed by atoms with Gasteiger partial charge < -0.3 is 15.4 Å². The Morgan fingerprint density at radius 1 is 1.16 bits per heavy atom. The number of ether oxygens (including phenoxy) is 1. The summed E-state index contributed by atoms with van der Waals surface area (Å²) in [6, 6.07) is 8.03. The largest absolute Gasteiger partial charge is 0.378 e. The fraction of sp³-hybridized carbons (Fsp3) is 0.318. The summed E-state index contributed by atoms with van der Waals surface area (Å²) in [5.74, 6) is -3.57. The Bertz CT molecular complexity index is 1150. The SMILES string of the molecule is COCc1nnn2c1CN(C(=O)C[C@H](N)Cc1cc(F)c(F)cc1F)Cc1ccccc1-2. The maximum Gasteiger partial charge on any atom is 0.224 e. The maximum absolute atomic E-state index is 14.0. The highest BCUT2D eigenvalue weighted by Crippen LogP contribution is 2.26. The number of amides is 1. The van der Waals surface area contributed by atoms with Crippen LogP contribution in [0.5, 0.6) is 0 Å². The third kappa shape index (κ3) is 4.37. The number of methoxy groups -OCH3 is 1. The lowest BCUT2D eigenvalue weighted by atomic mass is 10.0. The molecule has 2 N–H and O–H groups in total. The zero-order valence-electron chi connectivity index (χ0n) is 17.4. The molecular formula is C22H22F3N5O2. The molecule has 3 aromatic rings. The van der Waals surface area contributed by atoms with Gasteiger partial charge in [0.05, 0.1) is 24.5 Å². The van der Waals surface area contributed by atoms with E-state index in [1.54, 1.807) is 16.7 Å². The molecule has 1 aliphatic rings. The summed E-state index contributed by atoms with van der Waals surface area (Å²) in [5.41, 5.74) is 9.05. The van der Waals surface area contributed by atoms with Gasteiger partial charge in [-0.2, -0.15) is 0 Å². The van der Waals surface area contributed by atoms with Gasteiger partial charge in [-0.3, -0.25) is 4.79 Å². The van der Waals surface area contributed by atoms with Crippen LogP contribution in [0.25, 0.3) is 5.69 Å². The molecule has 0 saturated heterocycles. The summed E-state index contributed by atoms with van der Waals surface area (Å²) < 4.78 is 47.5. The van der Waals surface area contributed by atoms with Crippen molar-refractivity contribution < 1.29 is 22.7 Å². The van der Waals surface area contributed by atoms with Crippen LogP contribution in [0.4, 0.5) is 13.2 Å². The number of nitrogens with two attached hydrogens (primary N) is 1. The monoisotopic (exact) mass is 445 g/mol. The van der Waals surface area contributed by atoms with Crippen molar-refractivity contribution in [1.82, 2.24) is 19.9 Å². The molecule has 7 nitrogen and oxygen atoms in total. The van der Waals surface area contributed by atoms with Gasteiger partial charge in [0.25, 0.3) is 0 Å². The minimum Gasteiger partial charge on any atom is -0.378 e. The van der Waals surface area contributed by atoms with E-state index in [-0.39, 0.29) is 37.5 Å². The van der Waals surface area contributed by atoms with Gasteiger partial charge in [0.15, 0.2) is 11.6 Å². The number of halogens is 3.